The summed E-state index contributed by atoms with van der Waals surface area (Å²) in [6.07, 6.45) is 0.639. The molecular formula is C12H17NO3Si. The molecule has 0 aliphatic carbocycles. The maximum absolute atomic E-state index is 11.9. The molecule has 1 aromatic carbocycles. The molecule has 2 N–H and O–H groups in total. The predicted octanol–water partition coefficient (Wildman–Crippen LogP) is 1.99. The van der Waals surface area contributed by atoms with Gasteiger partial charge in [-0.25, -0.2) is 4.79 Å². The lowest BCUT2D eigenvalue weighted by Crippen LogP contribution is -2.40. The summed E-state index contributed by atoms with van der Waals surface area (Å²) < 4.78 is 0. The molecule has 0 bridgehead atoms. The van der Waals surface area contributed by atoms with Crippen molar-refractivity contribution in [1.82, 2.24) is 5.32 Å². The zero-order valence-corrected chi connectivity index (χ0v) is 11.3. The Balaban J connectivity index is 2.86. The SMILES string of the molecule is C[Si](C)(C)CNC(=O)c1ccccc1C(=O)O. The van der Waals surface area contributed by atoms with Gasteiger partial charge in [-0.05, 0) is 12.1 Å². The normalized spacial score (nSPS) is 11.0. The maximum atomic E-state index is 11.9. The van der Waals surface area contributed by atoms with Gasteiger partial charge >= 0.3 is 5.97 Å². The van der Waals surface area contributed by atoms with Gasteiger partial charge in [-0.1, -0.05) is 31.8 Å². The highest BCUT2D eigenvalue weighted by Gasteiger charge is 2.18. The Morgan fingerprint density at radius 3 is 2.18 bits per heavy atom. The van der Waals surface area contributed by atoms with Gasteiger partial charge in [0.1, 0.15) is 0 Å². The van der Waals surface area contributed by atoms with Gasteiger partial charge in [0.05, 0.1) is 19.2 Å². The highest BCUT2D eigenvalue weighted by molar-refractivity contribution is 6.76. The average Bonchev–Trinajstić information content (AvgIpc) is 2.25. The minimum absolute atomic E-state index is 0.0422. The Hall–Kier alpha value is -1.62. The zero-order chi connectivity index (χ0) is 13.1. The summed E-state index contributed by atoms with van der Waals surface area (Å²) in [4.78, 5) is 22.8. The van der Waals surface area contributed by atoms with Crippen molar-refractivity contribution >= 4 is 20.0 Å². The first-order valence-electron chi connectivity index (χ1n) is 5.42. The second-order valence-electron chi connectivity index (χ2n) is 5.09. The van der Waals surface area contributed by atoms with E-state index < -0.39 is 14.0 Å². The van der Waals surface area contributed by atoms with Gasteiger partial charge in [-0.15, -0.1) is 0 Å². The molecule has 0 fully saturated rings. The molecule has 0 aliphatic rings. The van der Waals surface area contributed by atoms with Crippen LogP contribution in [0.4, 0.5) is 0 Å². The van der Waals surface area contributed by atoms with Gasteiger partial charge in [0.15, 0.2) is 0 Å². The minimum atomic E-state index is -1.38. The molecule has 0 aromatic heterocycles. The van der Waals surface area contributed by atoms with Crippen molar-refractivity contribution in [2.45, 2.75) is 19.6 Å². The monoisotopic (exact) mass is 251 g/mol. The molecule has 0 aliphatic heterocycles. The van der Waals surface area contributed by atoms with Gasteiger partial charge in [-0.2, -0.15) is 0 Å². The average molecular weight is 251 g/mol. The van der Waals surface area contributed by atoms with Gasteiger partial charge in [0.2, 0.25) is 0 Å². The van der Waals surface area contributed by atoms with Crippen LogP contribution < -0.4 is 5.32 Å². The number of rotatable bonds is 4. The number of hydrogen-bond acceptors (Lipinski definition) is 2. The van der Waals surface area contributed by atoms with Crippen LogP contribution in [0.5, 0.6) is 0 Å². The topological polar surface area (TPSA) is 66.4 Å². The number of carboxylic acids is 1. The van der Waals surface area contributed by atoms with Gasteiger partial charge in [0.25, 0.3) is 5.91 Å². The molecule has 4 nitrogen and oxygen atoms in total. The fourth-order valence-corrected chi connectivity index (χ4v) is 2.00. The third-order valence-electron chi connectivity index (χ3n) is 2.18. The van der Waals surface area contributed by atoms with Crippen LogP contribution in [0.2, 0.25) is 19.6 Å². The number of benzene rings is 1. The van der Waals surface area contributed by atoms with Gasteiger partial charge in [0, 0.05) is 6.17 Å². The van der Waals surface area contributed by atoms with Crippen LogP contribution in [0.15, 0.2) is 24.3 Å². The van der Waals surface area contributed by atoms with Gasteiger partial charge in [-0.3, -0.25) is 4.79 Å². The summed E-state index contributed by atoms with van der Waals surface area (Å²) >= 11 is 0. The van der Waals surface area contributed by atoms with E-state index in [1.807, 2.05) is 0 Å². The lowest BCUT2D eigenvalue weighted by atomic mass is 10.1. The van der Waals surface area contributed by atoms with Crippen LogP contribution in [0.25, 0.3) is 0 Å². The van der Waals surface area contributed by atoms with Crippen LogP contribution >= 0.6 is 0 Å². The van der Waals surface area contributed by atoms with Crippen LogP contribution in [0, 0.1) is 0 Å². The first-order chi connectivity index (χ1) is 7.81. The number of carbonyl (C=O) groups is 2. The van der Waals surface area contributed by atoms with E-state index in [4.69, 9.17) is 5.11 Å². The number of carbonyl (C=O) groups excluding carboxylic acids is 1. The van der Waals surface area contributed by atoms with Crippen LogP contribution in [-0.2, 0) is 0 Å². The number of hydrogen-bond donors (Lipinski definition) is 2. The van der Waals surface area contributed by atoms with Crippen molar-refractivity contribution in [2.75, 3.05) is 6.17 Å². The molecule has 0 atom stereocenters. The Bertz CT molecular complexity index is 438. The highest BCUT2D eigenvalue weighted by Crippen LogP contribution is 2.09. The molecule has 1 amide bonds. The molecule has 0 saturated carbocycles. The molecule has 1 rings (SSSR count). The number of carboxylic acid groups (broad SMARTS) is 1. The van der Waals surface area contributed by atoms with Crippen LogP contribution in [0.1, 0.15) is 20.7 Å². The predicted molar refractivity (Wildman–Crippen MR) is 69.1 cm³/mol. The fourth-order valence-electron chi connectivity index (χ4n) is 1.31. The molecule has 5 heteroatoms. The molecule has 17 heavy (non-hydrogen) atoms. The summed E-state index contributed by atoms with van der Waals surface area (Å²) in [5, 5.41) is 11.8. The van der Waals surface area contributed by atoms with E-state index in [9.17, 15) is 9.59 Å². The van der Waals surface area contributed by atoms with Crippen molar-refractivity contribution in [1.29, 1.82) is 0 Å². The molecule has 1 aromatic rings. The lowest BCUT2D eigenvalue weighted by Gasteiger charge is -2.16. The molecular weight excluding hydrogens is 234 g/mol. The van der Waals surface area contributed by atoms with E-state index in [1.165, 1.54) is 12.1 Å². The van der Waals surface area contributed by atoms with Crippen molar-refractivity contribution in [2.24, 2.45) is 0 Å². The van der Waals surface area contributed by atoms with Crippen molar-refractivity contribution < 1.29 is 14.7 Å². The largest absolute Gasteiger partial charge is 0.478 e. The summed E-state index contributed by atoms with van der Waals surface area (Å²) in [6, 6.07) is 6.24. The second kappa shape index (κ2) is 5.14. The van der Waals surface area contributed by atoms with Crippen molar-refractivity contribution in [3.8, 4) is 0 Å². The van der Waals surface area contributed by atoms with E-state index in [0.717, 1.165) is 0 Å². The Morgan fingerprint density at radius 2 is 1.71 bits per heavy atom. The Kier molecular flexibility index (Phi) is 4.06. The number of aromatic carboxylic acids is 1. The number of amides is 1. The number of nitrogens with one attached hydrogen (secondary N) is 1. The summed E-state index contributed by atoms with van der Waals surface area (Å²) in [6.45, 7) is 6.41. The van der Waals surface area contributed by atoms with E-state index in [2.05, 4.69) is 25.0 Å². The van der Waals surface area contributed by atoms with E-state index in [-0.39, 0.29) is 17.0 Å². The summed E-state index contributed by atoms with van der Waals surface area (Å²) in [5.74, 6) is -1.39. The second-order valence-corrected chi connectivity index (χ2v) is 10.6. The van der Waals surface area contributed by atoms with Crippen molar-refractivity contribution in [3.05, 3.63) is 35.4 Å². The highest BCUT2D eigenvalue weighted by atomic mass is 28.3. The van der Waals surface area contributed by atoms with Crippen LogP contribution in [-0.4, -0.2) is 31.2 Å². The van der Waals surface area contributed by atoms with E-state index in [1.54, 1.807) is 12.1 Å². The molecule has 0 unspecified atom stereocenters. The molecule has 0 radical (unpaired) electrons. The fraction of sp³-hybridized carbons (Fsp3) is 0.333. The first kappa shape index (κ1) is 13.4. The third kappa shape index (κ3) is 4.03. The van der Waals surface area contributed by atoms with E-state index >= 15 is 0 Å². The quantitative estimate of drug-likeness (QED) is 0.804. The molecule has 0 heterocycles. The molecule has 0 spiro atoms. The summed E-state index contributed by atoms with van der Waals surface area (Å²) in [7, 11) is -1.38. The Labute approximate surface area is 102 Å². The third-order valence-corrected chi connectivity index (χ3v) is 3.42. The first-order valence-corrected chi connectivity index (χ1v) is 9.12. The smallest absolute Gasteiger partial charge is 0.336 e. The van der Waals surface area contributed by atoms with Gasteiger partial charge < -0.3 is 10.4 Å². The standard InChI is InChI=1S/C12H17NO3Si/c1-17(2,3)8-13-11(14)9-6-4-5-7-10(9)12(15)16/h4-7H,8H2,1-3H3,(H,13,14)(H,15,16). The van der Waals surface area contributed by atoms with Crippen molar-refractivity contribution in [3.63, 3.8) is 0 Å². The van der Waals surface area contributed by atoms with E-state index in [0.29, 0.717) is 6.17 Å². The minimum Gasteiger partial charge on any atom is -0.478 e. The Morgan fingerprint density at radius 1 is 1.18 bits per heavy atom. The zero-order valence-electron chi connectivity index (χ0n) is 10.3. The molecule has 92 valence electrons. The van der Waals surface area contributed by atoms with Crippen LogP contribution in [0.3, 0.4) is 0 Å². The lowest BCUT2D eigenvalue weighted by molar-refractivity contribution is 0.0691. The summed E-state index contributed by atoms with van der Waals surface area (Å²) in [5.41, 5.74) is 0.263. The molecule has 0 saturated heterocycles. The maximum Gasteiger partial charge on any atom is 0.336 e.